The minimum Gasteiger partial charge on any atom is -0.344 e. The highest BCUT2D eigenvalue weighted by atomic mass is 35.5. The summed E-state index contributed by atoms with van der Waals surface area (Å²) in [5.74, 6) is 0. The topological polar surface area (TPSA) is 180 Å². The fraction of sp³-hybridized carbons (Fsp3) is 0. The highest BCUT2D eigenvalue weighted by Crippen LogP contribution is 1.59. The molecule has 0 saturated heterocycles. The van der Waals surface area contributed by atoms with Crippen molar-refractivity contribution in [2.45, 2.75) is 0 Å². The van der Waals surface area contributed by atoms with Crippen LogP contribution in [-0.2, 0) is 10.4 Å². The van der Waals surface area contributed by atoms with E-state index in [9.17, 15) is 0 Å². The summed E-state index contributed by atoms with van der Waals surface area (Å²) < 4.78 is 31.6. The Bertz CT molecular complexity index is 99.0. The summed E-state index contributed by atoms with van der Waals surface area (Å²) in [6, 6.07) is 0. The van der Waals surface area contributed by atoms with Gasteiger partial charge < -0.3 is 18.5 Å². The van der Waals surface area contributed by atoms with Crippen LogP contribution in [0, 0.1) is 0 Å². The first-order chi connectivity index (χ1) is 2.00. The third-order valence-electron chi connectivity index (χ3n) is 0. The van der Waals surface area contributed by atoms with Crippen molar-refractivity contribution in [3.8, 4) is 0 Å². The molecule has 0 aromatic rings. The van der Waals surface area contributed by atoms with Crippen molar-refractivity contribution in [1.82, 2.24) is 18.5 Å². The molecule has 0 bridgehead atoms. The predicted octanol–water partition coefficient (Wildman–Crippen LogP) is 0.255. The van der Waals surface area contributed by atoms with E-state index >= 15 is 0 Å². The van der Waals surface area contributed by atoms with Crippen LogP contribution in [0.15, 0.2) is 0 Å². The summed E-state index contributed by atoms with van der Waals surface area (Å²) in [5, 5.41) is 0. The zero-order valence-corrected chi connectivity index (χ0v) is 6.28. The van der Waals surface area contributed by atoms with E-state index in [-0.39, 0.29) is 30.9 Å². The Balaban J connectivity index is -0.0000000133. The van der Waals surface area contributed by atoms with Crippen LogP contribution in [0.4, 0.5) is 0 Å². The van der Waals surface area contributed by atoms with Crippen LogP contribution in [0.5, 0.6) is 0 Å². The minimum absolute atomic E-state index is 0. The lowest BCUT2D eigenvalue weighted by molar-refractivity contribution is 0.381. The molecule has 0 rings (SSSR count). The third-order valence-corrected chi connectivity index (χ3v) is 0. The fourth-order valence-electron chi connectivity index (χ4n) is 0. The number of hydrogen-bond donors (Lipinski definition) is 5. The van der Waals surface area contributed by atoms with Gasteiger partial charge in [-0.3, -0.25) is 9.11 Å². The van der Waals surface area contributed by atoms with Crippen molar-refractivity contribution in [3.63, 3.8) is 0 Å². The molecule has 0 atom stereocenters. The van der Waals surface area contributed by atoms with Crippen LogP contribution in [0.2, 0.25) is 0 Å². The molecule has 9 heteroatoms. The molecule has 11 N–H and O–H groups in total. The van der Waals surface area contributed by atoms with E-state index in [1.54, 1.807) is 0 Å². The van der Waals surface area contributed by atoms with Gasteiger partial charge in [-0.25, -0.2) is 0 Å². The van der Waals surface area contributed by atoms with Gasteiger partial charge in [0.2, 0.25) is 0 Å². The third kappa shape index (κ3) is 183000. The van der Waals surface area contributed by atoms with E-state index in [0.29, 0.717) is 0 Å². The molecular formula is H12ClN3O4S. The molecule has 0 aliphatic carbocycles. The molecule has 9 heavy (non-hydrogen) atoms. The van der Waals surface area contributed by atoms with Crippen LogP contribution in [0.1, 0.15) is 0 Å². The van der Waals surface area contributed by atoms with Crippen LogP contribution in [-0.4, -0.2) is 17.5 Å². The quantitative estimate of drug-likeness (QED) is 0.335. The Morgan fingerprint density at radius 3 is 0.889 bits per heavy atom. The predicted molar refractivity (Wildman–Crippen MR) is 36.5 cm³/mol. The van der Waals surface area contributed by atoms with E-state index in [1.165, 1.54) is 0 Å². The van der Waals surface area contributed by atoms with Crippen molar-refractivity contribution in [1.29, 1.82) is 0 Å². The average Bonchev–Trinajstić information content (AvgIpc) is 0.722. The van der Waals surface area contributed by atoms with Gasteiger partial charge in [-0.15, -0.1) is 12.4 Å². The standard InChI is InChI=1S/ClH.3H3N.H2O4S/c;;;;1-5(2,3)4/h1H;3*1H3;(H2,1,2,3,4). The summed E-state index contributed by atoms with van der Waals surface area (Å²) in [6.45, 7) is 0. The summed E-state index contributed by atoms with van der Waals surface area (Å²) >= 11 is 0. The van der Waals surface area contributed by atoms with Gasteiger partial charge in [0, 0.05) is 0 Å². The van der Waals surface area contributed by atoms with Crippen LogP contribution in [0.25, 0.3) is 0 Å². The maximum absolute atomic E-state index is 8.74. The Morgan fingerprint density at radius 2 is 0.889 bits per heavy atom. The minimum atomic E-state index is -4.67. The summed E-state index contributed by atoms with van der Waals surface area (Å²) in [5.41, 5.74) is 0. The zero-order chi connectivity index (χ0) is 4.50. The van der Waals surface area contributed by atoms with Gasteiger partial charge in [-0.2, -0.15) is 8.42 Å². The summed E-state index contributed by atoms with van der Waals surface area (Å²) in [6.07, 6.45) is 0. The molecule has 0 aliphatic heterocycles. The largest absolute Gasteiger partial charge is 0.394 e. The van der Waals surface area contributed by atoms with Gasteiger partial charge in [-0.05, 0) is 0 Å². The molecule has 0 amide bonds. The van der Waals surface area contributed by atoms with Crippen molar-refractivity contribution in [2.24, 2.45) is 0 Å². The fourth-order valence-corrected chi connectivity index (χ4v) is 0. The van der Waals surface area contributed by atoms with Crippen LogP contribution >= 0.6 is 12.4 Å². The Hall–Kier alpha value is 0.0400. The van der Waals surface area contributed by atoms with Gasteiger partial charge >= 0.3 is 10.4 Å². The zero-order valence-electron chi connectivity index (χ0n) is 4.65. The lowest BCUT2D eigenvalue weighted by Crippen LogP contribution is -1.89. The van der Waals surface area contributed by atoms with Crippen molar-refractivity contribution >= 4 is 22.8 Å². The summed E-state index contributed by atoms with van der Waals surface area (Å²) in [7, 11) is -4.67. The molecule has 0 unspecified atom stereocenters. The lowest BCUT2D eigenvalue weighted by Gasteiger charge is -1.68. The maximum atomic E-state index is 8.74. The first kappa shape index (κ1) is 35.8. The first-order valence-corrected chi connectivity index (χ1v) is 2.10. The van der Waals surface area contributed by atoms with Gasteiger partial charge in [0.25, 0.3) is 0 Å². The molecule has 0 aromatic heterocycles. The highest BCUT2D eigenvalue weighted by Gasteiger charge is 1.84. The van der Waals surface area contributed by atoms with Crippen molar-refractivity contribution in [2.75, 3.05) is 0 Å². The molecule has 0 fully saturated rings. The molecule has 0 radical (unpaired) electrons. The Morgan fingerprint density at radius 1 is 0.889 bits per heavy atom. The van der Waals surface area contributed by atoms with Gasteiger partial charge in [0.1, 0.15) is 0 Å². The van der Waals surface area contributed by atoms with E-state index in [2.05, 4.69) is 0 Å². The highest BCUT2D eigenvalue weighted by molar-refractivity contribution is 7.79. The smallest absolute Gasteiger partial charge is 0.344 e. The van der Waals surface area contributed by atoms with Gasteiger partial charge in [-0.1, -0.05) is 0 Å². The summed E-state index contributed by atoms with van der Waals surface area (Å²) in [4.78, 5) is 0. The Labute approximate surface area is 59.6 Å². The molecule has 0 aromatic carbocycles. The second-order valence-electron chi connectivity index (χ2n) is 0.448. The van der Waals surface area contributed by atoms with Crippen molar-refractivity contribution < 1.29 is 17.5 Å². The second-order valence-corrected chi connectivity index (χ2v) is 1.34. The van der Waals surface area contributed by atoms with Crippen molar-refractivity contribution in [3.05, 3.63) is 0 Å². The monoisotopic (exact) mass is 185 g/mol. The van der Waals surface area contributed by atoms with E-state index in [0.717, 1.165) is 0 Å². The van der Waals surface area contributed by atoms with E-state index < -0.39 is 10.4 Å². The van der Waals surface area contributed by atoms with Crippen LogP contribution < -0.4 is 18.5 Å². The second kappa shape index (κ2) is 10.9. The maximum Gasteiger partial charge on any atom is 0.394 e. The van der Waals surface area contributed by atoms with Gasteiger partial charge in [0.15, 0.2) is 0 Å². The van der Waals surface area contributed by atoms with E-state index in [1.807, 2.05) is 0 Å². The number of hydrogen-bond acceptors (Lipinski definition) is 5. The van der Waals surface area contributed by atoms with Gasteiger partial charge in [0.05, 0.1) is 0 Å². The molecule has 7 nitrogen and oxygen atoms in total. The normalized spacial score (nSPS) is 6.44. The van der Waals surface area contributed by atoms with Crippen LogP contribution in [0.3, 0.4) is 0 Å². The molecular weight excluding hydrogens is 174 g/mol. The molecule has 0 spiro atoms. The first-order valence-electron chi connectivity index (χ1n) is 0.698. The molecule has 64 valence electrons. The number of rotatable bonds is 0. The SMILES string of the molecule is Cl.N.N.N.O=S(=O)(O)O. The lowest BCUT2D eigenvalue weighted by atomic mass is 14.0. The molecule has 0 saturated carbocycles. The molecule has 0 heterocycles. The van der Waals surface area contributed by atoms with E-state index in [4.69, 9.17) is 17.5 Å². The Kier molecular flexibility index (Phi) is 43.5. The number of halogens is 1. The average molecular weight is 186 g/mol. The molecule has 0 aliphatic rings.